The molecule has 0 N–H and O–H groups in total. The molecule has 0 fully saturated rings. The number of hydrogen-bond donors (Lipinski definition) is 0. The van der Waals surface area contributed by atoms with Crippen LogP contribution in [0.3, 0.4) is 0 Å². The van der Waals surface area contributed by atoms with E-state index < -0.39 is 6.10 Å². The third-order valence-corrected chi connectivity index (χ3v) is 4.81. The minimum atomic E-state index is -0.653. The van der Waals surface area contributed by atoms with E-state index in [2.05, 4.69) is 6.07 Å². The molecule has 23 heavy (non-hydrogen) atoms. The summed E-state index contributed by atoms with van der Waals surface area (Å²) >= 11 is 12.1. The van der Waals surface area contributed by atoms with Crippen LogP contribution >= 0.6 is 23.2 Å². The minimum Gasteiger partial charge on any atom is -0.479 e. The molecule has 2 aromatic carbocycles. The van der Waals surface area contributed by atoms with Gasteiger partial charge in [0, 0.05) is 11.7 Å². The molecule has 0 saturated heterocycles. The second-order valence-electron chi connectivity index (χ2n) is 5.70. The molecule has 120 valence electrons. The first-order valence-corrected chi connectivity index (χ1v) is 8.26. The second kappa shape index (κ2) is 6.42. The highest BCUT2D eigenvalue weighted by atomic mass is 35.5. The molecule has 1 aliphatic rings. The van der Waals surface area contributed by atoms with Crippen LogP contribution in [-0.4, -0.2) is 18.1 Å². The van der Waals surface area contributed by atoms with Gasteiger partial charge in [0.2, 0.25) is 0 Å². The zero-order valence-corrected chi connectivity index (χ0v) is 14.4. The molecule has 2 aromatic rings. The van der Waals surface area contributed by atoms with Crippen LogP contribution in [0.4, 0.5) is 5.69 Å². The maximum Gasteiger partial charge on any atom is 0.268 e. The zero-order valence-electron chi connectivity index (χ0n) is 12.9. The number of para-hydroxylation sites is 1. The van der Waals surface area contributed by atoms with Gasteiger partial charge in [0.25, 0.3) is 5.91 Å². The SMILES string of the molecule is C[C@H](Oc1cccc(Cl)c1Cl)C(=O)N1c2ccccc2C[C@H]1C. The molecule has 0 unspecified atom stereocenters. The van der Waals surface area contributed by atoms with Crippen LogP contribution in [0.2, 0.25) is 10.0 Å². The predicted octanol–water partition coefficient (Wildman–Crippen LogP) is 4.74. The van der Waals surface area contributed by atoms with Gasteiger partial charge in [0.1, 0.15) is 10.8 Å². The Labute approximate surface area is 145 Å². The van der Waals surface area contributed by atoms with Crippen molar-refractivity contribution in [3.8, 4) is 5.75 Å². The lowest BCUT2D eigenvalue weighted by atomic mass is 10.1. The van der Waals surface area contributed by atoms with Crippen LogP contribution in [0.25, 0.3) is 0 Å². The van der Waals surface area contributed by atoms with E-state index in [0.717, 1.165) is 12.1 Å². The summed E-state index contributed by atoms with van der Waals surface area (Å²) in [5.74, 6) is 0.332. The van der Waals surface area contributed by atoms with E-state index in [1.165, 1.54) is 5.56 Å². The fourth-order valence-electron chi connectivity index (χ4n) is 2.91. The van der Waals surface area contributed by atoms with Crippen LogP contribution in [0.15, 0.2) is 42.5 Å². The number of amides is 1. The van der Waals surface area contributed by atoms with Crippen molar-refractivity contribution in [2.45, 2.75) is 32.4 Å². The molecule has 1 heterocycles. The van der Waals surface area contributed by atoms with Gasteiger partial charge in [-0.15, -0.1) is 0 Å². The first kappa shape index (κ1) is 16.2. The lowest BCUT2D eigenvalue weighted by molar-refractivity contribution is -0.124. The van der Waals surface area contributed by atoms with E-state index in [1.54, 1.807) is 30.0 Å². The van der Waals surface area contributed by atoms with Gasteiger partial charge in [-0.25, -0.2) is 0 Å². The highest BCUT2D eigenvalue weighted by Crippen LogP contribution is 2.34. The first-order valence-electron chi connectivity index (χ1n) is 7.50. The normalized spacial score (nSPS) is 17.7. The van der Waals surface area contributed by atoms with Crippen LogP contribution in [-0.2, 0) is 11.2 Å². The van der Waals surface area contributed by atoms with Crippen molar-refractivity contribution >= 4 is 34.8 Å². The molecule has 1 amide bonds. The van der Waals surface area contributed by atoms with Crippen molar-refractivity contribution in [2.24, 2.45) is 0 Å². The summed E-state index contributed by atoms with van der Waals surface area (Å²) in [5.41, 5.74) is 2.14. The van der Waals surface area contributed by atoms with Crippen LogP contribution in [0.1, 0.15) is 19.4 Å². The van der Waals surface area contributed by atoms with E-state index in [9.17, 15) is 4.79 Å². The van der Waals surface area contributed by atoms with Gasteiger partial charge in [-0.05, 0) is 44.0 Å². The average Bonchev–Trinajstić information content (AvgIpc) is 2.86. The molecule has 1 aliphatic heterocycles. The molecule has 0 bridgehead atoms. The fourth-order valence-corrected chi connectivity index (χ4v) is 3.25. The lowest BCUT2D eigenvalue weighted by Crippen LogP contribution is -2.43. The standard InChI is InChI=1S/C18H17Cl2NO2/c1-11-10-13-6-3-4-8-15(13)21(11)18(22)12(2)23-16-9-5-7-14(19)17(16)20/h3-9,11-12H,10H2,1-2H3/t11-,12+/m1/s1. The average molecular weight is 350 g/mol. The second-order valence-corrected chi connectivity index (χ2v) is 6.49. The van der Waals surface area contributed by atoms with Gasteiger partial charge in [0.15, 0.2) is 6.10 Å². The first-order chi connectivity index (χ1) is 11.0. The van der Waals surface area contributed by atoms with Crippen molar-refractivity contribution in [2.75, 3.05) is 4.90 Å². The third kappa shape index (κ3) is 3.04. The van der Waals surface area contributed by atoms with E-state index in [0.29, 0.717) is 15.8 Å². The smallest absolute Gasteiger partial charge is 0.268 e. The largest absolute Gasteiger partial charge is 0.479 e. The van der Waals surface area contributed by atoms with Crippen molar-refractivity contribution in [1.29, 1.82) is 0 Å². The Morgan fingerprint density at radius 1 is 1.22 bits per heavy atom. The minimum absolute atomic E-state index is 0.0847. The van der Waals surface area contributed by atoms with Crippen LogP contribution in [0.5, 0.6) is 5.75 Å². The molecular formula is C18H17Cl2NO2. The van der Waals surface area contributed by atoms with Crippen LogP contribution in [0, 0.1) is 0 Å². The molecule has 3 nitrogen and oxygen atoms in total. The van der Waals surface area contributed by atoms with E-state index in [-0.39, 0.29) is 11.9 Å². The van der Waals surface area contributed by atoms with Gasteiger partial charge in [0.05, 0.1) is 5.02 Å². The summed E-state index contributed by atoms with van der Waals surface area (Å²) in [6, 6.07) is 13.2. The van der Waals surface area contributed by atoms with Crippen molar-refractivity contribution < 1.29 is 9.53 Å². The number of hydrogen-bond acceptors (Lipinski definition) is 2. The van der Waals surface area contributed by atoms with E-state index >= 15 is 0 Å². The Bertz CT molecular complexity index is 748. The summed E-state index contributed by atoms with van der Waals surface area (Å²) in [4.78, 5) is 14.6. The monoisotopic (exact) mass is 349 g/mol. The molecule has 3 rings (SSSR count). The van der Waals surface area contributed by atoms with Gasteiger partial charge >= 0.3 is 0 Å². The Hall–Kier alpha value is -1.71. The summed E-state index contributed by atoms with van der Waals surface area (Å²) < 4.78 is 5.76. The quantitative estimate of drug-likeness (QED) is 0.800. The maximum absolute atomic E-state index is 12.8. The molecular weight excluding hydrogens is 333 g/mol. The van der Waals surface area contributed by atoms with Gasteiger partial charge in [-0.1, -0.05) is 47.5 Å². The number of benzene rings is 2. The molecule has 0 aromatic heterocycles. The number of anilines is 1. The number of fused-ring (bicyclic) bond motifs is 1. The Morgan fingerprint density at radius 3 is 2.74 bits per heavy atom. The Kier molecular flexibility index (Phi) is 4.51. The van der Waals surface area contributed by atoms with Crippen molar-refractivity contribution in [1.82, 2.24) is 0 Å². The van der Waals surface area contributed by atoms with Crippen molar-refractivity contribution in [3.63, 3.8) is 0 Å². The molecule has 2 atom stereocenters. The topological polar surface area (TPSA) is 29.5 Å². The summed E-state index contributed by atoms with van der Waals surface area (Å²) in [5, 5.41) is 0.729. The van der Waals surface area contributed by atoms with Crippen LogP contribution < -0.4 is 9.64 Å². The number of halogens is 2. The fraction of sp³-hybridized carbons (Fsp3) is 0.278. The Balaban J connectivity index is 1.82. The molecule has 0 radical (unpaired) electrons. The number of carbonyl (C=O) groups is 1. The lowest BCUT2D eigenvalue weighted by Gasteiger charge is -2.26. The summed E-state index contributed by atoms with van der Waals surface area (Å²) in [7, 11) is 0. The van der Waals surface area contributed by atoms with Gasteiger partial charge < -0.3 is 9.64 Å². The zero-order chi connectivity index (χ0) is 16.6. The van der Waals surface area contributed by atoms with Gasteiger partial charge in [-0.3, -0.25) is 4.79 Å². The predicted molar refractivity (Wildman–Crippen MR) is 93.6 cm³/mol. The number of carbonyl (C=O) groups excluding carboxylic acids is 1. The Morgan fingerprint density at radius 2 is 1.96 bits per heavy atom. The summed E-state index contributed by atoms with van der Waals surface area (Å²) in [6.45, 7) is 3.77. The summed E-state index contributed by atoms with van der Waals surface area (Å²) in [6.07, 6.45) is 0.201. The number of ether oxygens (including phenoxy) is 1. The maximum atomic E-state index is 12.8. The molecule has 0 saturated carbocycles. The molecule has 0 aliphatic carbocycles. The molecule has 5 heteroatoms. The molecule has 0 spiro atoms. The van der Waals surface area contributed by atoms with Gasteiger partial charge in [-0.2, -0.15) is 0 Å². The van der Waals surface area contributed by atoms with Crippen molar-refractivity contribution in [3.05, 3.63) is 58.1 Å². The van der Waals surface area contributed by atoms with E-state index in [4.69, 9.17) is 27.9 Å². The highest BCUT2D eigenvalue weighted by Gasteiger charge is 2.34. The van der Waals surface area contributed by atoms with E-state index in [1.807, 2.05) is 25.1 Å². The highest BCUT2D eigenvalue weighted by molar-refractivity contribution is 6.42. The third-order valence-electron chi connectivity index (χ3n) is 4.01. The number of rotatable bonds is 3. The number of nitrogens with zero attached hydrogens (tertiary/aromatic N) is 1.